The van der Waals surface area contributed by atoms with Crippen molar-refractivity contribution in [3.63, 3.8) is 0 Å². The van der Waals surface area contributed by atoms with Crippen molar-refractivity contribution in [2.75, 3.05) is 27.6 Å². The minimum atomic E-state index is -0.446. The number of ether oxygens (including phenoxy) is 4. The minimum absolute atomic E-state index is 0.254. The third-order valence-electron chi connectivity index (χ3n) is 4.89. The molecule has 3 rings (SSSR count). The van der Waals surface area contributed by atoms with Crippen LogP contribution in [0.15, 0.2) is 49.1 Å². The van der Waals surface area contributed by atoms with Gasteiger partial charge in [0.1, 0.15) is 0 Å². The lowest BCUT2D eigenvalue weighted by molar-refractivity contribution is 0.0978. The molecule has 0 amide bonds. The van der Waals surface area contributed by atoms with Gasteiger partial charge in [-0.15, -0.1) is 6.58 Å². The maximum atomic E-state index is 10.5. The molecule has 0 aromatic heterocycles. The van der Waals surface area contributed by atoms with Gasteiger partial charge in [0.2, 0.25) is 6.79 Å². The topological polar surface area (TPSA) is 60.4 Å². The number of nitrogens with zero attached hydrogens (tertiary/aromatic N) is 1. The van der Waals surface area contributed by atoms with Crippen LogP contribution in [-0.2, 0) is 13.1 Å². The monoisotopic (exact) mass is 399 g/mol. The summed E-state index contributed by atoms with van der Waals surface area (Å²) in [6, 6.07) is 11.8. The van der Waals surface area contributed by atoms with E-state index in [0.717, 1.165) is 29.0 Å². The average Bonchev–Trinajstić information content (AvgIpc) is 3.19. The number of aliphatic hydroxyl groups excluding tert-OH is 1. The molecule has 0 bridgehead atoms. The quantitative estimate of drug-likeness (QED) is 0.581. The van der Waals surface area contributed by atoms with Crippen LogP contribution in [0.25, 0.3) is 0 Å². The van der Waals surface area contributed by atoms with E-state index in [9.17, 15) is 5.11 Å². The molecule has 2 aromatic carbocycles. The summed E-state index contributed by atoms with van der Waals surface area (Å²) >= 11 is 0. The summed E-state index contributed by atoms with van der Waals surface area (Å²) in [6.07, 6.45) is 2.84. The lowest BCUT2D eigenvalue weighted by Crippen LogP contribution is -2.32. The molecule has 0 saturated carbocycles. The first-order chi connectivity index (χ1) is 14.1. The van der Waals surface area contributed by atoms with Crippen molar-refractivity contribution in [3.8, 4) is 23.0 Å². The van der Waals surface area contributed by atoms with Gasteiger partial charge < -0.3 is 24.1 Å². The van der Waals surface area contributed by atoms with Gasteiger partial charge in [0.05, 0.1) is 20.3 Å². The van der Waals surface area contributed by atoms with Crippen LogP contribution in [0, 0.1) is 0 Å². The van der Waals surface area contributed by atoms with Crippen LogP contribution in [0.5, 0.6) is 23.0 Å². The molecule has 1 atom stereocenters. The fraction of sp³-hybridized carbons (Fsp3) is 0.391. The highest BCUT2D eigenvalue weighted by Crippen LogP contribution is 2.34. The summed E-state index contributed by atoms with van der Waals surface area (Å²) in [5.41, 5.74) is 2.09. The minimum Gasteiger partial charge on any atom is -0.493 e. The standard InChI is InChI=1S/C23H29NO5/c1-4-5-8-19(25)15-24(13-17-10-11-20-22(12-17)29-16-28-20)14-18-7-6-9-21(26-2)23(18)27-3/h4,6-7,9-12,19,25H,1,5,8,13-16H2,2-3H3/t19-/m0/s1. The summed E-state index contributed by atoms with van der Waals surface area (Å²) in [7, 11) is 3.27. The van der Waals surface area contributed by atoms with Crippen molar-refractivity contribution in [2.45, 2.75) is 32.0 Å². The van der Waals surface area contributed by atoms with E-state index in [1.165, 1.54) is 0 Å². The number of benzene rings is 2. The number of methoxy groups -OCH3 is 2. The van der Waals surface area contributed by atoms with Gasteiger partial charge in [-0.1, -0.05) is 24.3 Å². The molecule has 2 aromatic rings. The van der Waals surface area contributed by atoms with Gasteiger partial charge in [0.15, 0.2) is 23.0 Å². The first-order valence-corrected chi connectivity index (χ1v) is 9.74. The third kappa shape index (κ3) is 5.43. The van der Waals surface area contributed by atoms with Crippen LogP contribution in [0.3, 0.4) is 0 Å². The number of hydrogen-bond donors (Lipinski definition) is 1. The predicted molar refractivity (Wildman–Crippen MR) is 112 cm³/mol. The summed E-state index contributed by atoms with van der Waals surface area (Å²) in [4.78, 5) is 2.20. The van der Waals surface area contributed by atoms with E-state index in [0.29, 0.717) is 37.6 Å². The molecule has 1 heterocycles. The van der Waals surface area contributed by atoms with Crippen molar-refractivity contribution in [2.24, 2.45) is 0 Å². The Morgan fingerprint density at radius 3 is 2.72 bits per heavy atom. The molecule has 6 heteroatoms. The van der Waals surface area contributed by atoms with Gasteiger partial charge in [0.25, 0.3) is 0 Å². The Bertz CT molecular complexity index is 823. The average molecular weight is 399 g/mol. The fourth-order valence-electron chi connectivity index (χ4n) is 3.50. The van der Waals surface area contributed by atoms with Crippen LogP contribution >= 0.6 is 0 Å². The van der Waals surface area contributed by atoms with E-state index in [4.69, 9.17) is 18.9 Å². The molecule has 0 fully saturated rings. The molecule has 156 valence electrons. The molecule has 1 aliphatic heterocycles. The SMILES string of the molecule is C=CCC[C@H](O)CN(Cc1ccc2c(c1)OCO2)Cc1cccc(OC)c1OC. The second-order valence-electron chi connectivity index (χ2n) is 7.03. The summed E-state index contributed by atoms with van der Waals surface area (Å²) in [6.45, 7) is 5.79. The lowest BCUT2D eigenvalue weighted by atomic mass is 10.1. The molecule has 0 aliphatic carbocycles. The molecule has 6 nitrogen and oxygen atoms in total. The second-order valence-corrected chi connectivity index (χ2v) is 7.03. The molecule has 0 radical (unpaired) electrons. The van der Waals surface area contributed by atoms with E-state index in [-0.39, 0.29) is 6.79 Å². The van der Waals surface area contributed by atoms with Crippen LogP contribution in [0.2, 0.25) is 0 Å². The first-order valence-electron chi connectivity index (χ1n) is 9.74. The predicted octanol–water partition coefficient (Wildman–Crippen LogP) is 3.76. The molecule has 0 saturated heterocycles. The van der Waals surface area contributed by atoms with Gasteiger partial charge in [-0.3, -0.25) is 4.90 Å². The van der Waals surface area contributed by atoms with E-state index in [2.05, 4.69) is 11.5 Å². The van der Waals surface area contributed by atoms with Crippen molar-refractivity contribution in [1.29, 1.82) is 0 Å². The van der Waals surface area contributed by atoms with Crippen LogP contribution in [0.1, 0.15) is 24.0 Å². The van der Waals surface area contributed by atoms with Gasteiger partial charge in [-0.25, -0.2) is 0 Å². The number of fused-ring (bicyclic) bond motifs is 1. The zero-order chi connectivity index (χ0) is 20.6. The molecule has 1 N–H and O–H groups in total. The van der Waals surface area contributed by atoms with Gasteiger partial charge in [0, 0.05) is 25.2 Å². The highest BCUT2D eigenvalue weighted by Gasteiger charge is 2.19. The molecule has 0 spiro atoms. The zero-order valence-electron chi connectivity index (χ0n) is 17.1. The fourth-order valence-corrected chi connectivity index (χ4v) is 3.50. The molecule has 29 heavy (non-hydrogen) atoms. The Balaban J connectivity index is 1.80. The number of allylic oxidation sites excluding steroid dienone is 1. The normalized spacial score (nSPS) is 13.4. The van der Waals surface area contributed by atoms with Crippen molar-refractivity contribution < 1.29 is 24.1 Å². The maximum absolute atomic E-state index is 10.5. The van der Waals surface area contributed by atoms with E-state index in [1.54, 1.807) is 14.2 Å². The van der Waals surface area contributed by atoms with Crippen LogP contribution in [-0.4, -0.2) is 43.7 Å². The Hall–Kier alpha value is -2.70. The van der Waals surface area contributed by atoms with Crippen molar-refractivity contribution >= 4 is 0 Å². The second kappa shape index (κ2) is 10.2. The van der Waals surface area contributed by atoms with Crippen LogP contribution < -0.4 is 18.9 Å². The molecular weight excluding hydrogens is 370 g/mol. The Labute approximate surface area is 172 Å². The van der Waals surface area contributed by atoms with Crippen LogP contribution in [0.4, 0.5) is 0 Å². The highest BCUT2D eigenvalue weighted by molar-refractivity contribution is 5.47. The summed E-state index contributed by atoms with van der Waals surface area (Å²) in [5, 5.41) is 10.5. The van der Waals surface area contributed by atoms with Crippen molar-refractivity contribution in [1.82, 2.24) is 4.90 Å². The number of para-hydroxylation sites is 1. The van der Waals surface area contributed by atoms with Crippen molar-refractivity contribution in [3.05, 3.63) is 60.2 Å². The number of rotatable bonds is 11. The smallest absolute Gasteiger partial charge is 0.231 e. The lowest BCUT2D eigenvalue weighted by Gasteiger charge is -2.26. The first kappa shape index (κ1) is 21.0. The zero-order valence-corrected chi connectivity index (χ0v) is 17.1. The third-order valence-corrected chi connectivity index (χ3v) is 4.89. The number of aliphatic hydroxyl groups is 1. The Morgan fingerprint density at radius 1 is 1.14 bits per heavy atom. The Morgan fingerprint density at radius 2 is 1.97 bits per heavy atom. The van der Waals surface area contributed by atoms with Gasteiger partial charge >= 0.3 is 0 Å². The van der Waals surface area contributed by atoms with E-state index >= 15 is 0 Å². The van der Waals surface area contributed by atoms with Gasteiger partial charge in [-0.05, 0) is 36.6 Å². The van der Waals surface area contributed by atoms with E-state index in [1.807, 2.05) is 42.5 Å². The number of hydrogen-bond acceptors (Lipinski definition) is 6. The van der Waals surface area contributed by atoms with E-state index < -0.39 is 6.10 Å². The largest absolute Gasteiger partial charge is 0.493 e. The summed E-state index contributed by atoms with van der Waals surface area (Å²) < 4.78 is 21.9. The molecule has 1 aliphatic rings. The Kier molecular flexibility index (Phi) is 7.38. The summed E-state index contributed by atoms with van der Waals surface area (Å²) in [5.74, 6) is 2.93. The molecule has 0 unspecified atom stereocenters. The maximum Gasteiger partial charge on any atom is 0.231 e. The molecular formula is C23H29NO5. The van der Waals surface area contributed by atoms with Gasteiger partial charge in [-0.2, -0.15) is 0 Å². The highest BCUT2D eigenvalue weighted by atomic mass is 16.7.